The molecule has 0 aliphatic carbocycles. The van der Waals surface area contributed by atoms with Crippen molar-refractivity contribution in [1.82, 2.24) is 19.9 Å². The highest BCUT2D eigenvalue weighted by molar-refractivity contribution is 5.45. The minimum absolute atomic E-state index is 0.0774. The van der Waals surface area contributed by atoms with Gasteiger partial charge in [-0.3, -0.25) is 0 Å². The topological polar surface area (TPSA) is 78.0 Å². The number of hydrogen-bond acceptors (Lipinski definition) is 7. The van der Waals surface area contributed by atoms with Gasteiger partial charge in [-0.25, -0.2) is 0 Å². The van der Waals surface area contributed by atoms with Crippen LogP contribution in [0.15, 0.2) is 0 Å². The molecular formula is C26H53N7. The average molecular weight is 464 g/mol. The van der Waals surface area contributed by atoms with Crippen LogP contribution in [0, 0.1) is 10.8 Å². The minimum Gasteiger partial charge on any atom is -0.354 e. The van der Waals surface area contributed by atoms with E-state index in [0.29, 0.717) is 17.8 Å². The fourth-order valence-corrected chi connectivity index (χ4v) is 3.39. The van der Waals surface area contributed by atoms with E-state index < -0.39 is 0 Å². The van der Waals surface area contributed by atoms with Gasteiger partial charge in [0.25, 0.3) is 0 Å². The highest BCUT2D eigenvalue weighted by Crippen LogP contribution is 2.37. The number of nitrogens with one attached hydrogen (secondary N) is 3. The lowest BCUT2D eigenvalue weighted by molar-refractivity contribution is 0.213. The molecule has 0 saturated heterocycles. The van der Waals surface area contributed by atoms with Crippen LogP contribution in [0.5, 0.6) is 0 Å². The first-order valence-corrected chi connectivity index (χ1v) is 12.9. The molecule has 0 amide bonds. The van der Waals surface area contributed by atoms with E-state index in [-0.39, 0.29) is 21.9 Å². The lowest BCUT2D eigenvalue weighted by Gasteiger charge is -2.42. The van der Waals surface area contributed by atoms with Crippen molar-refractivity contribution in [2.24, 2.45) is 10.8 Å². The quantitative estimate of drug-likeness (QED) is 0.265. The summed E-state index contributed by atoms with van der Waals surface area (Å²) >= 11 is 0. The summed E-state index contributed by atoms with van der Waals surface area (Å²) < 4.78 is 0. The molecule has 1 heterocycles. The number of hydrogen-bond donors (Lipinski definition) is 3. The van der Waals surface area contributed by atoms with Gasteiger partial charge >= 0.3 is 0 Å². The molecule has 0 aliphatic rings. The molecule has 0 unspecified atom stereocenters. The van der Waals surface area contributed by atoms with Crippen molar-refractivity contribution in [2.45, 2.75) is 113 Å². The van der Waals surface area contributed by atoms with Crippen molar-refractivity contribution in [2.75, 3.05) is 42.1 Å². The summed E-state index contributed by atoms with van der Waals surface area (Å²) in [4.78, 5) is 16.7. The highest BCUT2D eigenvalue weighted by Gasteiger charge is 2.38. The SMILES string of the molecule is CCN(CC)CCCNc1nc(NC(C)(C)C(C)(C)CC)nc(NC(C)(C)C(C)(C)CC)n1. The van der Waals surface area contributed by atoms with E-state index in [4.69, 9.17) is 15.0 Å². The highest BCUT2D eigenvalue weighted by atomic mass is 15.3. The average Bonchev–Trinajstić information content (AvgIpc) is 2.72. The van der Waals surface area contributed by atoms with Gasteiger partial charge in [0.05, 0.1) is 0 Å². The maximum absolute atomic E-state index is 4.79. The molecule has 0 atom stereocenters. The van der Waals surface area contributed by atoms with Crippen molar-refractivity contribution in [3.63, 3.8) is 0 Å². The first kappa shape index (κ1) is 29.4. The van der Waals surface area contributed by atoms with Crippen LogP contribution in [-0.2, 0) is 0 Å². The second kappa shape index (κ2) is 11.7. The van der Waals surface area contributed by atoms with Gasteiger partial charge in [-0.15, -0.1) is 0 Å². The van der Waals surface area contributed by atoms with E-state index in [2.05, 4.69) is 104 Å². The third-order valence-electron chi connectivity index (χ3n) is 8.46. The van der Waals surface area contributed by atoms with Gasteiger partial charge < -0.3 is 20.9 Å². The van der Waals surface area contributed by atoms with Crippen LogP contribution in [0.3, 0.4) is 0 Å². The molecule has 0 bridgehead atoms. The van der Waals surface area contributed by atoms with Gasteiger partial charge in [-0.05, 0) is 77.4 Å². The maximum atomic E-state index is 4.79. The van der Waals surface area contributed by atoms with Gasteiger partial charge in [0.1, 0.15) is 0 Å². The van der Waals surface area contributed by atoms with E-state index in [1.807, 2.05) is 0 Å². The Labute approximate surface area is 204 Å². The molecule has 0 radical (unpaired) electrons. The van der Waals surface area contributed by atoms with E-state index in [0.717, 1.165) is 45.4 Å². The Morgan fingerprint density at radius 2 is 1.03 bits per heavy atom. The van der Waals surface area contributed by atoms with Crippen LogP contribution in [0.4, 0.5) is 17.8 Å². The van der Waals surface area contributed by atoms with Gasteiger partial charge in [0.2, 0.25) is 17.8 Å². The second-order valence-electron chi connectivity index (χ2n) is 11.6. The van der Waals surface area contributed by atoms with Gasteiger partial charge in [-0.2, -0.15) is 15.0 Å². The summed E-state index contributed by atoms with van der Waals surface area (Å²) in [5.41, 5.74) is -0.209. The van der Waals surface area contributed by atoms with Crippen molar-refractivity contribution in [3.8, 4) is 0 Å². The smallest absolute Gasteiger partial charge is 0.229 e. The normalized spacial score (nSPS) is 13.4. The third kappa shape index (κ3) is 7.97. The van der Waals surface area contributed by atoms with Crippen LogP contribution >= 0.6 is 0 Å². The Morgan fingerprint density at radius 3 is 1.39 bits per heavy atom. The Bertz CT molecular complexity index is 673. The molecule has 0 aromatic carbocycles. The molecule has 7 nitrogen and oxygen atoms in total. The van der Waals surface area contributed by atoms with Crippen molar-refractivity contribution in [1.29, 1.82) is 0 Å². The standard InChI is InChI=1S/C26H53N7/c1-13-23(5,6)25(9,10)31-21-28-20(27-18-17-19-33(15-3)16-4)29-22(30-21)32-26(11,12)24(7,8)14-2/h13-19H2,1-12H3,(H3,27,28,29,30,31,32). The Hall–Kier alpha value is -1.63. The first-order valence-electron chi connectivity index (χ1n) is 12.9. The summed E-state index contributed by atoms with van der Waals surface area (Å²) in [6.07, 6.45) is 3.15. The Balaban J connectivity index is 3.17. The summed E-state index contributed by atoms with van der Waals surface area (Å²) in [6.45, 7) is 30.9. The fourth-order valence-electron chi connectivity index (χ4n) is 3.39. The summed E-state index contributed by atoms with van der Waals surface area (Å²) in [5, 5.41) is 10.6. The zero-order valence-corrected chi connectivity index (χ0v) is 23.7. The molecule has 0 saturated carbocycles. The molecule has 3 N–H and O–H groups in total. The maximum Gasteiger partial charge on any atom is 0.229 e. The van der Waals surface area contributed by atoms with Crippen LogP contribution in [0.25, 0.3) is 0 Å². The predicted molar refractivity (Wildman–Crippen MR) is 144 cm³/mol. The van der Waals surface area contributed by atoms with Crippen LogP contribution < -0.4 is 16.0 Å². The summed E-state index contributed by atoms with van der Waals surface area (Å²) in [7, 11) is 0. The van der Waals surface area contributed by atoms with Crippen molar-refractivity contribution < 1.29 is 0 Å². The minimum atomic E-state index is -0.182. The lowest BCUT2D eigenvalue weighted by Crippen LogP contribution is -2.47. The molecular weight excluding hydrogens is 410 g/mol. The molecule has 0 spiro atoms. The zero-order valence-electron chi connectivity index (χ0n) is 23.7. The van der Waals surface area contributed by atoms with Gasteiger partial charge in [0.15, 0.2) is 0 Å². The summed E-state index contributed by atoms with van der Waals surface area (Å²) in [6, 6.07) is 0. The van der Waals surface area contributed by atoms with Crippen LogP contribution in [0.1, 0.15) is 102 Å². The van der Waals surface area contributed by atoms with E-state index in [1.165, 1.54) is 0 Å². The first-order chi connectivity index (χ1) is 15.1. The van der Waals surface area contributed by atoms with E-state index in [1.54, 1.807) is 0 Å². The number of nitrogens with zero attached hydrogens (tertiary/aromatic N) is 4. The third-order valence-corrected chi connectivity index (χ3v) is 8.46. The number of aromatic nitrogens is 3. The molecule has 1 aromatic rings. The monoisotopic (exact) mass is 463 g/mol. The van der Waals surface area contributed by atoms with Crippen molar-refractivity contribution in [3.05, 3.63) is 0 Å². The molecule has 0 fully saturated rings. The predicted octanol–water partition coefficient (Wildman–Crippen LogP) is 6.27. The van der Waals surface area contributed by atoms with Crippen LogP contribution in [0.2, 0.25) is 0 Å². The second-order valence-corrected chi connectivity index (χ2v) is 11.6. The van der Waals surface area contributed by atoms with E-state index in [9.17, 15) is 0 Å². The Morgan fingerprint density at radius 1 is 0.636 bits per heavy atom. The Kier molecular flexibility index (Phi) is 10.4. The fraction of sp³-hybridized carbons (Fsp3) is 0.885. The molecule has 33 heavy (non-hydrogen) atoms. The molecule has 1 aromatic heterocycles. The van der Waals surface area contributed by atoms with Crippen LogP contribution in [-0.4, -0.2) is 57.1 Å². The number of anilines is 3. The zero-order chi connectivity index (χ0) is 25.5. The molecule has 0 aliphatic heterocycles. The molecule has 1 rings (SSSR count). The van der Waals surface area contributed by atoms with Gasteiger partial charge in [0, 0.05) is 17.6 Å². The largest absolute Gasteiger partial charge is 0.354 e. The van der Waals surface area contributed by atoms with Crippen molar-refractivity contribution >= 4 is 17.8 Å². The lowest BCUT2D eigenvalue weighted by atomic mass is 9.72. The summed E-state index contributed by atoms with van der Waals surface area (Å²) in [5.74, 6) is 1.83. The van der Waals surface area contributed by atoms with Gasteiger partial charge in [-0.1, -0.05) is 55.4 Å². The number of rotatable bonds is 15. The molecule has 7 heteroatoms. The van der Waals surface area contributed by atoms with E-state index >= 15 is 0 Å². The molecule has 192 valence electrons.